The summed E-state index contributed by atoms with van der Waals surface area (Å²) in [5, 5.41) is 0. The highest BCUT2D eigenvalue weighted by Gasteiger charge is 2.37. The predicted octanol–water partition coefficient (Wildman–Crippen LogP) is 1.83. The maximum absolute atomic E-state index is 11.8. The van der Waals surface area contributed by atoms with Gasteiger partial charge in [0.15, 0.2) is 0 Å². The van der Waals surface area contributed by atoms with Gasteiger partial charge < -0.3 is 9.80 Å². The van der Waals surface area contributed by atoms with E-state index >= 15 is 0 Å². The molecule has 2 atom stereocenters. The first-order valence-corrected chi connectivity index (χ1v) is 6.32. The van der Waals surface area contributed by atoms with Gasteiger partial charge in [0.25, 0.3) is 0 Å². The lowest BCUT2D eigenvalue weighted by molar-refractivity contribution is -0.140. The van der Waals surface area contributed by atoms with E-state index in [1.165, 1.54) is 0 Å². The largest absolute Gasteiger partial charge is 0.334 e. The van der Waals surface area contributed by atoms with Crippen molar-refractivity contribution in [3.63, 3.8) is 0 Å². The van der Waals surface area contributed by atoms with E-state index in [2.05, 4.69) is 44.5 Å². The molecule has 0 aromatic rings. The fourth-order valence-electron chi connectivity index (χ4n) is 2.67. The highest BCUT2D eigenvalue weighted by atomic mass is 16.2. The van der Waals surface area contributed by atoms with E-state index in [1.54, 1.807) is 6.92 Å². The molecule has 1 saturated heterocycles. The zero-order valence-electron chi connectivity index (χ0n) is 11.5. The van der Waals surface area contributed by atoms with Gasteiger partial charge in [-0.2, -0.15) is 0 Å². The number of hydrogen-bond acceptors (Lipinski definition) is 2. The second-order valence-corrected chi connectivity index (χ2v) is 5.77. The van der Waals surface area contributed by atoms with Crippen molar-refractivity contribution >= 4 is 5.91 Å². The summed E-state index contributed by atoms with van der Waals surface area (Å²) >= 11 is 0. The van der Waals surface area contributed by atoms with Crippen LogP contribution in [-0.2, 0) is 4.79 Å². The number of amides is 1. The molecular weight excluding hydrogens is 200 g/mol. The van der Waals surface area contributed by atoms with E-state index in [0.29, 0.717) is 23.9 Å². The van der Waals surface area contributed by atoms with Gasteiger partial charge in [0, 0.05) is 32.1 Å². The van der Waals surface area contributed by atoms with Crippen LogP contribution in [0.1, 0.15) is 34.6 Å². The van der Waals surface area contributed by atoms with Crippen LogP contribution in [0.5, 0.6) is 0 Å². The molecule has 1 amide bonds. The zero-order valence-corrected chi connectivity index (χ0v) is 11.5. The number of likely N-dealkylation sites (N-methyl/N-ethyl adjacent to an activating group) is 1. The van der Waals surface area contributed by atoms with Crippen LogP contribution in [0.25, 0.3) is 0 Å². The molecule has 0 saturated carbocycles. The van der Waals surface area contributed by atoms with Gasteiger partial charge in [-0.15, -0.1) is 0 Å². The Morgan fingerprint density at radius 1 is 1.06 bits per heavy atom. The van der Waals surface area contributed by atoms with E-state index in [9.17, 15) is 4.79 Å². The van der Waals surface area contributed by atoms with Crippen LogP contribution < -0.4 is 0 Å². The molecule has 0 spiro atoms. The molecule has 3 nitrogen and oxygen atoms in total. The Kier molecular flexibility index (Phi) is 4.36. The Balaban J connectivity index is 2.94. The smallest absolute Gasteiger partial charge is 0.220 e. The maximum atomic E-state index is 11.8. The highest BCUT2D eigenvalue weighted by Crippen LogP contribution is 2.25. The lowest BCUT2D eigenvalue weighted by Crippen LogP contribution is -2.62. The number of carbonyl (C=O) groups is 1. The number of nitrogens with zero attached hydrogens (tertiary/aromatic N) is 2. The molecule has 0 bridgehead atoms. The van der Waals surface area contributed by atoms with E-state index in [1.807, 2.05) is 0 Å². The van der Waals surface area contributed by atoms with Crippen molar-refractivity contribution in [2.24, 2.45) is 11.8 Å². The molecular formula is C13H26N2O. The first kappa shape index (κ1) is 13.5. The summed E-state index contributed by atoms with van der Waals surface area (Å²) in [4.78, 5) is 16.3. The summed E-state index contributed by atoms with van der Waals surface area (Å²) in [5.74, 6) is 1.27. The Morgan fingerprint density at radius 3 is 1.69 bits per heavy atom. The van der Waals surface area contributed by atoms with Gasteiger partial charge in [-0.3, -0.25) is 4.79 Å². The highest BCUT2D eigenvalue weighted by molar-refractivity contribution is 5.74. The van der Waals surface area contributed by atoms with Crippen LogP contribution in [0.3, 0.4) is 0 Å². The number of piperazine rings is 1. The van der Waals surface area contributed by atoms with Gasteiger partial charge in [-0.05, 0) is 18.9 Å². The van der Waals surface area contributed by atoms with Gasteiger partial charge in [0.1, 0.15) is 0 Å². The molecule has 3 heteroatoms. The second kappa shape index (κ2) is 5.17. The van der Waals surface area contributed by atoms with Crippen molar-refractivity contribution in [2.45, 2.75) is 46.7 Å². The van der Waals surface area contributed by atoms with Crippen molar-refractivity contribution in [3.8, 4) is 0 Å². The minimum Gasteiger partial charge on any atom is -0.334 e. The Morgan fingerprint density at radius 2 is 1.44 bits per heavy atom. The fraction of sp³-hybridized carbons (Fsp3) is 0.923. The van der Waals surface area contributed by atoms with Crippen molar-refractivity contribution < 1.29 is 4.79 Å². The van der Waals surface area contributed by atoms with Crippen LogP contribution in [0.2, 0.25) is 0 Å². The summed E-state index contributed by atoms with van der Waals surface area (Å²) in [6.45, 7) is 12.5. The van der Waals surface area contributed by atoms with Crippen LogP contribution in [0.4, 0.5) is 0 Å². The quantitative estimate of drug-likeness (QED) is 0.717. The molecule has 1 aliphatic rings. The second-order valence-electron chi connectivity index (χ2n) is 5.77. The number of carbonyl (C=O) groups excluding carboxylic acids is 1. The molecule has 0 aromatic carbocycles. The average molecular weight is 226 g/mol. The van der Waals surface area contributed by atoms with E-state index in [4.69, 9.17) is 0 Å². The Bertz CT molecular complexity index is 232. The number of rotatable bonds is 2. The lowest BCUT2D eigenvalue weighted by atomic mass is 9.91. The van der Waals surface area contributed by atoms with Crippen LogP contribution in [0.15, 0.2) is 0 Å². The van der Waals surface area contributed by atoms with Gasteiger partial charge >= 0.3 is 0 Å². The normalized spacial score (nSPS) is 27.9. The molecule has 1 fully saturated rings. The minimum absolute atomic E-state index is 0.227. The van der Waals surface area contributed by atoms with Crippen LogP contribution in [0, 0.1) is 11.8 Å². The molecule has 94 valence electrons. The molecule has 16 heavy (non-hydrogen) atoms. The predicted molar refractivity (Wildman–Crippen MR) is 67.3 cm³/mol. The number of hydrogen-bond donors (Lipinski definition) is 0. The summed E-state index contributed by atoms with van der Waals surface area (Å²) < 4.78 is 0. The van der Waals surface area contributed by atoms with E-state index in [0.717, 1.165) is 13.1 Å². The molecule has 0 N–H and O–H groups in total. The molecule has 1 aliphatic heterocycles. The van der Waals surface area contributed by atoms with Gasteiger partial charge in [0.05, 0.1) is 0 Å². The van der Waals surface area contributed by atoms with Gasteiger partial charge in [-0.25, -0.2) is 0 Å². The molecule has 1 rings (SSSR count). The van der Waals surface area contributed by atoms with E-state index in [-0.39, 0.29) is 5.91 Å². The lowest BCUT2D eigenvalue weighted by Gasteiger charge is -2.48. The summed E-state index contributed by atoms with van der Waals surface area (Å²) in [5.41, 5.74) is 0. The third-order valence-corrected chi connectivity index (χ3v) is 3.61. The van der Waals surface area contributed by atoms with Crippen LogP contribution >= 0.6 is 0 Å². The molecule has 1 heterocycles. The third kappa shape index (κ3) is 2.76. The maximum Gasteiger partial charge on any atom is 0.220 e. The summed E-state index contributed by atoms with van der Waals surface area (Å²) in [6, 6.07) is 0.729. The zero-order chi connectivity index (χ0) is 12.5. The average Bonchev–Trinajstić information content (AvgIpc) is 2.15. The van der Waals surface area contributed by atoms with Crippen molar-refractivity contribution in [3.05, 3.63) is 0 Å². The SMILES string of the molecule is CC(=O)N1C(C(C)C)CN(C)CC1C(C)C. The molecule has 0 aliphatic carbocycles. The monoisotopic (exact) mass is 226 g/mol. The van der Waals surface area contributed by atoms with E-state index < -0.39 is 0 Å². The Labute approximate surface area is 99.8 Å². The van der Waals surface area contributed by atoms with Crippen LogP contribution in [-0.4, -0.2) is 47.9 Å². The standard InChI is InChI=1S/C13H26N2O/c1-9(2)12-7-14(6)8-13(10(3)4)15(12)11(5)16/h9-10,12-13H,7-8H2,1-6H3. The molecule has 0 radical (unpaired) electrons. The Hall–Kier alpha value is -0.570. The topological polar surface area (TPSA) is 23.6 Å². The van der Waals surface area contributed by atoms with Gasteiger partial charge in [-0.1, -0.05) is 27.7 Å². The summed E-state index contributed by atoms with van der Waals surface area (Å²) in [7, 11) is 2.15. The summed E-state index contributed by atoms with van der Waals surface area (Å²) in [6.07, 6.45) is 0. The first-order valence-electron chi connectivity index (χ1n) is 6.32. The molecule has 2 unspecified atom stereocenters. The fourth-order valence-corrected chi connectivity index (χ4v) is 2.67. The van der Waals surface area contributed by atoms with Crippen molar-refractivity contribution in [2.75, 3.05) is 20.1 Å². The minimum atomic E-state index is 0.227. The van der Waals surface area contributed by atoms with Gasteiger partial charge in [0.2, 0.25) is 5.91 Å². The third-order valence-electron chi connectivity index (χ3n) is 3.61. The molecule has 0 aromatic heterocycles. The van der Waals surface area contributed by atoms with Crippen molar-refractivity contribution in [1.82, 2.24) is 9.80 Å². The van der Waals surface area contributed by atoms with Crippen molar-refractivity contribution in [1.29, 1.82) is 0 Å². The first-order chi connectivity index (χ1) is 7.34.